The van der Waals surface area contributed by atoms with E-state index in [0.717, 1.165) is 0 Å². The summed E-state index contributed by atoms with van der Waals surface area (Å²) in [4.78, 5) is 0. The Balaban J connectivity index is 3.76. The van der Waals surface area contributed by atoms with Gasteiger partial charge in [-0.3, -0.25) is 0 Å². The van der Waals surface area contributed by atoms with Gasteiger partial charge in [0.25, 0.3) is 0 Å². The lowest BCUT2D eigenvalue weighted by atomic mass is 10.1. The zero-order valence-electron chi connectivity index (χ0n) is 10.3. The molecule has 0 aromatic rings. The molecular formula is C11H25NO3. The minimum atomic E-state index is -0.187. The van der Waals surface area contributed by atoms with E-state index in [2.05, 4.69) is 12.2 Å². The van der Waals surface area contributed by atoms with Crippen LogP contribution in [0.2, 0.25) is 0 Å². The highest BCUT2D eigenvalue weighted by molar-refractivity contribution is 4.68. The first kappa shape index (κ1) is 14.8. The van der Waals surface area contributed by atoms with Crippen molar-refractivity contribution in [3.63, 3.8) is 0 Å². The summed E-state index contributed by atoms with van der Waals surface area (Å²) >= 11 is 0. The summed E-state index contributed by atoms with van der Waals surface area (Å²) in [6.45, 7) is 10.1. The van der Waals surface area contributed by atoms with Gasteiger partial charge < -0.3 is 19.9 Å². The lowest BCUT2D eigenvalue weighted by molar-refractivity contribution is -0.134. The van der Waals surface area contributed by atoms with Crippen LogP contribution in [-0.4, -0.2) is 43.8 Å². The molecule has 2 N–H and O–H groups in total. The summed E-state index contributed by atoms with van der Waals surface area (Å²) in [6, 6.07) is 0.262. The molecule has 2 atom stereocenters. The van der Waals surface area contributed by atoms with E-state index in [1.807, 2.05) is 20.8 Å². The molecule has 92 valence electrons. The van der Waals surface area contributed by atoms with Gasteiger partial charge in [-0.05, 0) is 26.7 Å². The van der Waals surface area contributed by atoms with Gasteiger partial charge in [0.05, 0.1) is 0 Å². The molecule has 0 heterocycles. The third kappa shape index (κ3) is 6.84. The zero-order valence-corrected chi connectivity index (χ0v) is 10.3. The maximum absolute atomic E-state index is 8.97. The van der Waals surface area contributed by atoms with Crippen molar-refractivity contribution < 1.29 is 14.6 Å². The SMILES string of the molecule is CCOC(CNC(C)C(C)CO)OCC. The van der Waals surface area contributed by atoms with Crippen LogP contribution in [-0.2, 0) is 9.47 Å². The van der Waals surface area contributed by atoms with E-state index in [1.54, 1.807) is 0 Å². The summed E-state index contributed by atoms with van der Waals surface area (Å²) in [5.41, 5.74) is 0. The van der Waals surface area contributed by atoms with Crippen molar-refractivity contribution >= 4 is 0 Å². The number of rotatable bonds is 9. The average molecular weight is 219 g/mol. The van der Waals surface area contributed by atoms with Gasteiger partial charge in [0.2, 0.25) is 0 Å². The minimum absolute atomic E-state index is 0.187. The van der Waals surface area contributed by atoms with Crippen molar-refractivity contribution in [3.05, 3.63) is 0 Å². The largest absolute Gasteiger partial charge is 0.396 e. The summed E-state index contributed by atoms with van der Waals surface area (Å²) in [5, 5.41) is 12.3. The molecule has 0 saturated carbocycles. The van der Waals surface area contributed by atoms with Gasteiger partial charge in [-0.15, -0.1) is 0 Å². The second-order valence-corrected chi connectivity index (χ2v) is 3.70. The van der Waals surface area contributed by atoms with Crippen LogP contribution in [0.5, 0.6) is 0 Å². The Morgan fingerprint density at radius 2 is 1.67 bits per heavy atom. The highest BCUT2D eigenvalue weighted by Crippen LogP contribution is 2.01. The van der Waals surface area contributed by atoms with Crippen LogP contribution >= 0.6 is 0 Å². The quantitative estimate of drug-likeness (QED) is 0.568. The molecule has 0 bridgehead atoms. The van der Waals surface area contributed by atoms with E-state index in [4.69, 9.17) is 14.6 Å². The molecule has 0 aliphatic rings. The number of ether oxygens (including phenoxy) is 2. The van der Waals surface area contributed by atoms with Crippen LogP contribution in [0.25, 0.3) is 0 Å². The Morgan fingerprint density at radius 3 is 2.07 bits per heavy atom. The Hall–Kier alpha value is -0.160. The second kappa shape index (κ2) is 9.09. The van der Waals surface area contributed by atoms with E-state index in [9.17, 15) is 0 Å². The predicted molar refractivity (Wildman–Crippen MR) is 60.8 cm³/mol. The molecule has 0 spiro atoms. The summed E-state index contributed by atoms with van der Waals surface area (Å²) in [6.07, 6.45) is -0.187. The van der Waals surface area contributed by atoms with Crippen LogP contribution in [0.4, 0.5) is 0 Å². The molecule has 0 aromatic carbocycles. The maximum atomic E-state index is 8.97. The van der Waals surface area contributed by atoms with E-state index < -0.39 is 0 Å². The summed E-state index contributed by atoms with van der Waals surface area (Å²) in [7, 11) is 0. The topological polar surface area (TPSA) is 50.7 Å². The number of hydrogen-bond donors (Lipinski definition) is 2. The van der Waals surface area contributed by atoms with Crippen LogP contribution in [0.1, 0.15) is 27.7 Å². The Morgan fingerprint density at radius 1 is 1.13 bits per heavy atom. The van der Waals surface area contributed by atoms with Gasteiger partial charge in [-0.25, -0.2) is 0 Å². The van der Waals surface area contributed by atoms with Gasteiger partial charge in [-0.1, -0.05) is 6.92 Å². The third-order valence-corrected chi connectivity index (χ3v) is 2.45. The lowest BCUT2D eigenvalue weighted by Gasteiger charge is -2.23. The molecule has 0 aliphatic heterocycles. The van der Waals surface area contributed by atoms with Gasteiger partial charge in [-0.2, -0.15) is 0 Å². The Labute approximate surface area is 93.0 Å². The second-order valence-electron chi connectivity index (χ2n) is 3.70. The summed E-state index contributed by atoms with van der Waals surface area (Å²) < 4.78 is 10.8. The molecule has 0 amide bonds. The van der Waals surface area contributed by atoms with Crippen LogP contribution in [0, 0.1) is 5.92 Å². The fourth-order valence-corrected chi connectivity index (χ4v) is 1.18. The molecule has 4 nitrogen and oxygen atoms in total. The highest BCUT2D eigenvalue weighted by atomic mass is 16.7. The fourth-order valence-electron chi connectivity index (χ4n) is 1.18. The van der Waals surface area contributed by atoms with Gasteiger partial charge in [0.1, 0.15) is 0 Å². The van der Waals surface area contributed by atoms with E-state index in [0.29, 0.717) is 19.8 Å². The normalized spacial score (nSPS) is 15.6. The van der Waals surface area contributed by atoms with Crippen molar-refractivity contribution in [2.45, 2.75) is 40.0 Å². The standard InChI is InChI=1S/C11H25NO3/c1-5-14-11(15-6-2)7-12-10(4)9(3)8-13/h9-13H,5-8H2,1-4H3. The van der Waals surface area contributed by atoms with Crippen LogP contribution < -0.4 is 5.32 Å². The van der Waals surface area contributed by atoms with E-state index in [-0.39, 0.29) is 24.9 Å². The predicted octanol–water partition coefficient (Wildman–Crippen LogP) is 0.992. The molecule has 2 unspecified atom stereocenters. The van der Waals surface area contributed by atoms with Crippen molar-refractivity contribution in [1.29, 1.82) is 0 Å². The number of hydrogen-bond acceptors (Lipinski definition) is 4. The first-order valence-electron chi connectivity index (χ1n) is 5.73. The van der Waals surface area contributed by atoms with E-state index in [1.165, 1.54) is 0 Å². The minimum Gasteiger partial charge on any atom is -0.396 e. The van der Waals surface area contributed by atoms with Gasteiger partial charge in [0, 0.05) is 32.4 Å². The molecule has 0 aromatic heterocycles. The number of aliphatic hydroxyl groups is 1. The first-order valence-corrected chi connectivity index (χ1v) is 5.73. The first-order chi connectivity index (χ1) is 7.15. The number of aliphatic hydroxyl groups excluding tert-OH is 1. The zero-order chi connectivity index (χ0) is 11.7. The fraction of sp³-hybridized carbons (Fsp3) is 1.00. The van der Waals surface area contributed by atoms with Crippen LogP contribution in [0.3, 0.4) is 0 Å². The van der Waals surface area contributed by atoms with E-state index >= 15 is 0 Å². The highest BCUT2D eigenvalue weighted by Gasteiger charge is 2.13. The van der Waals surface area contributed by atoms with Crippen molar-refractivity contribution in [1.82, 2.24) is 5.32 Å². The van der Waals surface area contributed by atoms with Gasteiger partial charge >= 0.3 is 0 Å². The molecule has 0 aliphatic carbocycles. The van der Waals surface area contributed by atoms with Gasteiger partial charge in [0.15, 0.2) is 6.29 Å². The van der Waals surface area contributed by atoms with Crippen molar-refractivity contribution in [3.8, 4) is 0 Å². The number of nitrogens with one attached hydrogen (secondary N) is 1. The molecule has 0 saturated heterocycles. The Bertz CT molecular complexity index is 138. The summed E-state index contributed by atoms with van der Waals surface area (Å²) in [5.74, 6) is 0.244. The molecular weight excluding hydrogens is 194 g/mol. The molecule has 4 heteroatoms. The molecule has 0 fully saturated rings. The molecule has 0 rings (SSSR count). The lowest BCUT2D eigenvalue weighted by Crippen LogP contribution is -2.40. The van der Waals surface area contributed by atoms with Crippen molar-refractivity contribution in [2.75, 3.05) is 26.4 Å². The Kier molecular flexibility index (Phi) is 9.00. The smallest absolute Gasteiger partial charge is 0.169 e. The molecule has 15 heavy (non-hydrogen) atoms. The average Bonchev–Trinajstić information content (AvgIpc) is 2.25. The van der Waals surface area contributed by atoms with Crippen molar-refractivity contribution in [2.24, 2.45) is 5.92 Å². The maximum Gasteiger partial charge on any atom is 0.169 e. The van der Waals surface area contributed by atoms with Crippen LogP contribution in [0.15, 0.2) is 0 Å². The molecule has 0 radical (unpaired) electrons. The third-order valence-electron chi connectivity index (χ3n) is 2.45. The monoisotopic (exact) mass is 219 g/mol.